The summed E-state index contributed by atoms with van der Waals surface area (Å²) in [5.41, 5.74) is 0. The van der Waals surface area contributed by atoms with Gasteiger partial charge in [0.2, 0.25) is 0 Å². The fraction of sp³-hybridized carbons (Fsp3) is 0.100. The molecular weight excluding hydrogens is 255 g/mol. The van der Waals surface area contributed by atoms with Crippen molar-refractivity contribution in [1.29, 1.82) is 0 Å². The summed E-state index contributed by atoms with van der Waals surface area (Å²) < 4.78 is 0. The highest BCUT2D eigenvalue weighted by molar-refractivity contribution is 7.99. The molecule has 2 nitrogen and oxygen atoms in total. The first-order valence-corrected chi connectivity index (χ1v) is 5.81. The van der Waals surface area contributed by atoms with Gasteiger partial charge in [-0.3, -0.25) is 0 Å². The van der Waals surface area contributed by atoms with Gasteiger partial charge in [-0.1, -0.05) is 35.3 Å². The van der Waals surface area contributed by atoms with Gasteiger partial charge in [0.1, 0.15) is 0 Å². The van der Waals surface area contributed by atoms with Crippen LogP contribution in [0.3, 0.4) is 0 Å². The van der Waals surface area contributed by atoms with Crippen LogP contribution in [0.4, 0.5) is 0 Å². The van der Waals surface area contributed by atoms with Crippen LogP contribution in [0.2, 0.25) is 10.0 Å². The van der Waals surface area contributed by atoms with Gasteiger partial charge in [-0.15, -0.1) is 11.8 Å². The predicted molar refractivity (Wildman–Crippen MR) is 64.0 cm³/mol. The minimum Gasteiger partial charge on any atom is -0.478 e. The van der Waals surface area contributed by atoms with Crippen LogP contribution in [0.5, 0.6) is 0 Å². The molecule has 0 bridgehead atoms. The first-order chi connectivity index (χ1) is 7.11. The molecular formula is C10H8Cl2O2S. The van der Waals surface area contributed by atoms with E-state index in [1.54, 1.807) is 24.3 Å². The third-order valence-electron chi connectivity index (χ3n) is 1.50. The third-order valence-corrected chi connectivity index (χ3v) is 3.44. The Kier molecular flexibility index (Phi) is 5.02. The van der Waals surface area contributed by atoms with Crippen LogP contribution < -0.4 is 0 Å². The summed E-state index contributed by atoms with van der Waals surface area (Å²) in [5, 5.41) is 9.53. The minimum atomic E-state index is -0.958. The molecule has 1 rings (SSSR count). The van der Waals surface area contributed by atoms with Gasteiger partial charge in [-0.05, 0) is 12.1 Å². The maximum absolute atomic E-state index is 10.2. The molecule has 0 spiro atoms. The van der Waals surface area contributed by atoms with Crippen LogP contribution in [0, 0.1) is 0 Å². The SMILES string of the molecule is O=C(O)/C=C/CSc1c(Cl)cccc1Cl. The summed E-state index contributed by atoms with van der Waals surface area (Å²) in [7, 11) is 0. The topological polar surface area (TPSA) is 37.3 Å². The number of aliphatic carboxylic acids is 1. The van der Waals surface area contributed by atoms with E-state index in [-0.39, 0.29) is 0 Å². The zero-order chi connectivity index (χ0) is 11.3. The molecule has 1 aromatic rings. The van der Waals surface area contributed by atoms with Gasteiger partial charge < -0.3 is 5.11 Å². The van der Waals surface area contributed by atoms with Gasteiger partial charge in [0.25, 0.3) is 0 Å². The molecule has 0 heterocycles. The molecule has 0 fully saturated rings. The van der Waals surface area contributed by atoms with E-state index in [0.29, 0.717) is 15.8 Å². The van der Waals surface area contributed by atoms with E-state index in [4.69, 9.17) is 28.3 Å². The Hall–Kier alpha value is -0.640. The van der Waals surface area contributed by atoms with Crippen molar-refractivity contribution in [2.75, 3.05) is 5.75 Å². The second-order valence-electron chi connectivity index (χ2n) is 2.60. The Labute approximate surface area is 102 Å². The lowest BCUT2D eigenvalue weighted by molar-refractivity contribution is -0.131. The molecule has 0 amide bonds. The van der Waals surface area contributed by atoms with E-state index >= 15 is 0 Å². The number of carbonyl (C=O) groups is 1. The molecule has 15 heavy (non-hydrogen) atoms. The number of thioether (sulfide) groups is 1. The van der Waals surface area contributed by atoms with Crippen molar-refractivity contribution < 1.29 is 9.90 Å². The highest BCUT2D eigenvalue weighted by atomic mass is 35.5. The largest absolute Gasteiger partial charge is 0.478 e. The monoisotopic (exact) mass is 262 g/mol. The van der Waals surface area contributed by atoms with Gasteiger partial charge >= 0.3 is 5.97 Å². The van der Waals surface area contributed by atoms with Crippen molar-refractivity contribution in [2.24, 2.45) is 0 Å². The molecule has 0 aliphatic carbocycles. The molecule has 0 saturated carbocycles. The summed E-state index contributed by atoms with van der Waals surface area (Å²) in [6, 6.07) is 5.26. The first kappa shape index (κ1) is 12.4. The Morgan fingerprint density at radius 3 is 2.53 bits per heavy atom. The summed E-state index contributed by atoms with van der Waals surface area (Å²) in [5.74, 6) is -0.434. The van der Waals surface area contributed by atoms with Crippen LogP contribution in [-0.4, -0.2) is 16.8 Å². The molecule has 0 aliphatic heterocycles. The number of halogens is 2. The summed E-state index contributed by atoms with van der Waals surface area (Å²) in [6.45, 7) is 0. The molecule has 0 aliphatic rings. The van der Waals surface area contributed by atoms with E-state index in [9.17, 15) is 4.79 Å². The Morgan fingerprint density at radius 1 is 1.40 bits per heavy atom. The number of carboxylic acids is 1. The lowest BCUT2D eigenvalue weighted by atomic mass is 10.4. The van der Waals surface area contributed by atoms with Crippen LogP contribution in [0.25, 0.3) is 0 Å². The number of benzene rings is 1. The van der Waals surface area contributed by atoms with Crippen molar-refractivity contribution >= 4 is 40.9 Å². The highest BCUT2D eigenvalue weighted by Gasteiger charge is 2.04. The summed E-state index contributed by atoms with van der Waals surface area (Å²) >= 11 is 13.3. The van der Waals surface area contributed by atoms with Crippen LogP contribution >= 0.6 is 35.0 Å². The van der Waals surface area contributed by atoms with Crippen molar-refractivity contribution in [3.05, 3.63) is 40.4 Å². The van der Waals surface area contributed by atoms with E-state index in [1.807, 2.05) is 0 Å². The molecule has 0 aromatic heterocycles. The maximum atomic E-state index is 10.2. The normalized spacial score (nSPS) is 10.8. The Morgan fingerprint density at radius 2 is 2.00 bits per heavy atom. The van der Waals surface area contributed by atoms with E-state index < -0.39 is 5.97 Å². The fourth-order valence-corrected chi connectivity index (χ4v) is 2.40. The summed E-state index contributed by atoms with van der Waals surface area (Å²) in [4.78, 5) is 11.0. The van der Waals surface area contributed by atoms with Gasteiger partial charge in [-0.25, -0.2) is 4.79 Å². The average molecular weight is 263 g/mol. The van der Waals surface area contributed by atoms with Gasteiger partial charge in [0, 0.05) is 16.7 Å². The average Bonchev–Trinajstić information content (AvgIpc) is 2.15. The predicted octanol–water partition coefficient (Wildman–Crippen LogP) is 3.73. The first-order valence-electron chi connectivity index (χ1n) is 4.07. The van der Waals surface area contributed by atoms with Crippen molar-refractivity contribution in [3.8, 4) is 0 Å². The second-order valence-corrected chi connectivity index (χ2v) is 4.45. The zero-order valence-electron chi connectivity index (χ0n) is 7.61. The quantitative estimate of drug-likeness (QED) is 0.664. The van der Waals surface area contributed by atoms with Gasteiger partial charge in [-0.2, -0.15) is 0 Å². The molecule has 1 aromatic carbocycles. The molecule has 0 atom stereocenters. The molecule has 0 saturated heterocycles. The fourth-order valence-electron chi connectivity index (χ4n) is 0.901. The lowest BCUT2D eigenvalue weighted by Gasteiger charge is -2.03. The van der Waals surface area contributed by atoms with E-state index in [0.717, 1.165) is 11.0 Å². The minimum absolute atomic E-state index is 0.524. The van der Waals surface area contributed by atoms with Gasteiger partial charge in [0.05, 0.1) is 10.0 Å². The number of hydrogen-bond acceptors (Lipinski definition) is 2. The number of hydrogen-bond donors (Lipinski definition) is 1. The maximum Gasteiger partial charge on any atom is 0.328 e. The number of carboxylic acid groups (broad SMARTS) is 1. The van der Waals surface area contributed by atoms with Gasteiger partial charge in [0.15, 0.2) is 0 Å². The second kappa shape index (κ2) is 6.05. The van der Waals surface area contributed by atoms with Crippen molar-refractivity contribution in [3.63, 3.8) is 0 Å². The zero-order valence-corrected chi connectivity index (χ0v) is 9.94. The highest BCUT2D eigenvalue weighted by Crippen LogP contribution is 2.33. The van der Waals surface area contributed by atoms with E-state index in [2.05, 4.69) is 0 Å². The van der Waals surface area contributed by atoms with Crippen LogP contribution in [-0.2, 0) is 4.79 Å². The molecule has 0 radical (unpaired) electrons. The lowest BCUT2D eigenvalue weighted by Crippen LogP contribution is -1.86. The third kappa shape index (κ3) is 4.16. The molecule has 80 valence electrons. The number of rotatable bonds is 4. The van der Waals surface area contributed by atoms with Crippen molar-refractivity contribution in [1.82, 2.24) is 0 Å². The molecule has 1 N–H and O–H groups in total. The molecule has 5 heteroatoms. The van der Waals surface area contributed by atoms with E-state index in [1.165, 1.54) is 11.8 Å². The smallest absolute Gasteiger partial charge is 0.328 e. The van der Waals surface area contributed by atoms with Crippen molar-refractivity contribution in [2.45, 2.75) is 4.90 Å². The Balaban J connectivity index is 2.61. The molecule has 0 unspecified atom stereocenters. The standard InChI is InChI=1S/C10H8Cl2O2S/c11-7-3-1-4-8(12)10(7)15-6-2-5-9(13)14/h1-5H,6H2,(H,13,14)/b5-2+. The van der Waals surface area contributed by atoms with Crippen LogP contribution in [0.1, 0.15) is 0 Å². The van der Waals surface area contributed by atoms with Crippen LogP contribution in [0.15, 0.2) is 35.2 Å². The Bertz CT molecular complexity index is 371. The summed E-state index contributed by atoms with van der Waals surface area (Å²) in [6.07, 6.45) is 2.64.